The second-order valence-corrected chi connectivity index (χ2v) is 11.3. The molecule has 3 aliphatic heterocycles. The molecular weight excluding hydrogens is 540 g/mol. The van der Waals surface area contributed by atoms with Crippen LogP contribution >= 0.6 is 11.8 Å². The Morgan fingerprint density at radius 3 is 2.34 bits per heavy atom. The van der Waals surface area contributed by atoms with Gasteiger partial charge in [0.2, 0.25) is 17.8 Å². The van der Waals surface area contributed by atoms with Gasteiger partial charge in [0.25, 0.3) is 11.1 Å². The van der Waals surface area contributed by atoms with E-state index < -0.39 is 11.1 Å². The topological polar surface area (TPSA) is 117 Å². The number of imide groups is 1. The fourth-order valence-corrected chi connectivity index (χ4v) is 5.78. The SMILES string of the molecule is Cc1cc(N2CCCN(c3nc(/C=C4\SC(=O)NC4=O)cc(OCc4ccccc4)n3)CC2)nc(N2CCCC2)n1. The molecule has 2 aromatic heterocycles. The Kier molecular flexibility index (Phi) is 7.99. The van der Waals surface area contributed by atoms with Crippen LogP contribution < -0.4 is 24.8 Å². The molecule has 2 amide bonds. The molecule has 0 radical (unpaired) electrons. The first-order valence-electron chi connectivity index (χ1n) is 13.9. The third-order valence-electron chi connectivity index (χ3n) is 7.18. The van der Waals surface area contributed by atoms with E-state index in [0.717, 1.165) is 73.9 Å². The van der Waals surface area contributed by atoms with Crippen LogP contribution in [0.3, 0.4) is 0 Å². The lowest BCUT2D eigenvalue weighted by Crippen LogP contribution is -2.32. The molecule has 11 nitrogen and oxygen atoms in total. The minimum Gasteiger partial charge on any atom is -0.473 e. The van der Waals surface area contributed by atoms with Crippen molar-refractivity contribution < 1.29 is 14.3 Å². The zero-order valence-corrected chi connectivity index (χ0v) is 23.8. The number of benzene rings is 1. The number of aryl methyl sites for hydroxylation is 1. The standard InChI is InChI=1S/C29H32N8O3S/c1-20-16-24(32-27(30-20)36-10-5-6-11-36)35-12-7-13-37(15-14-35)28-31-22(17-23-26(38)34-29(39)41-23)18-25(33-28)40-19-21-8-3-2-4-9-21/h2-4,8-9,16-18H,5-7,10-15,19H2,1H3,(H,34,38,39)/b23-17-. The summed E-state index contributed by atoms with van der Waals surface area (Å²) in [7, 11) is 0. The third kappa shape index (κ3) is 6.59. The lowest BCUT2D eigenvalue weighted by atomic mass is 10.2. The van der Waals surface area contributed by atoms with Crippen molar-refractivity contribution in [1.82, 2.24) is 25.3 Å². The molecule has 0 spiro atoms. The number of hydrogen-bond acceptors (Lipinski definition) is 11. The largest absolute Gasteiger partial charge is 0.473 e. The van der Waals surface area contributed by atoms with E-state index in [-0.39, 0.29) is 0 Å². The van der Waals surface area contributed by atoms with Gasteiger partial charge in [0.15, 0.2) is 0 Å². The van der Waals surface area contributed by atoms with Crippen LogP contribution in [0.5, 0.6) is 5.88 Å². The van der Waals surface area contributed by atoms with Crippen molar-refractivity contribution >= 4 is 46.7 Å². The highest BCUT2D eigenvalue weighted by atomic mass is 32.2. The molecule has 6 rings (SSSR count). The van der Waals surface area contributed by atoms with E-state index in [1.54, 1.807) is 12.1 Å². The summed E-state index contributed by atoms with van der Waals surface area (Å²) in [5.74, 6) is 2.27. The van der Waals surface area contributed by atoms with Crippen LogP contribution in [-0.2, 0) is 11.4 Å². The molecule has 3 fully saturated rings. The van der Waals surface area contributed by atoms with Gasteiger partial charge < -0.3 is 19.4 Å². The van der Waals surface area contributed by atoms with Gasteiger partial charge in [0.1, 0.15) is 12.4 Å². The Bertz CT molecular complexity index is 1460. The van der Waals surface area contributed by atoms with Crippen LogP contribution in [0.15, 0.2) is 47.4 Å². The summed E-state index contributed by atoms with van der Waals surface area (Å²) in [4.78, 5) is 50.0. The first-order valence-corrected chi connectivity index (χ1v) is 14.7. The van der Waals surface area contributed by atoms with E-state index in [0.29, 0.717) is 35.6 Å². The summed E-state index contributed by atoms with van der Waals surface area (Å²) < 4.78 is 6.06. The van der Waals surface area contributed by atoms with Gasteiger partial charge in [0, 0.05) is 57.1 Å². The van der Waals surface area contributed by atoms with Gasteiger partial charge in [-0.05, 0) is 49.6 Å². The monoisotopic (exact) mass is 572 g/mol. The van der Waals surface area contributed by atoms with Gasteiger partial charge in [-0.2, -0.15) is 9.97 Å². The minimum atomic E-state index is -0.425. The zero-order valence-electron chi connectivity index (χ0n) is 23.0. The lowest BCUT2D eigenvalue weighted by Gasteiger charge is -2.25. The number of thioether (sulfide) groups is 1. The first-order chi connectivity index (χ1) is 20.0. The summed E-state index contributed by atoms with van der Waals surface area (Å²) in [6, 6.07) is 13.6. The Labute approximate surface area is 243 Å². The fraction of sp³-hybridized carbons (Fsp3) is 0.379. The molecule has 3 aliphatic rings. The highest BCUT2D eigenvalue weighted by Gasteiger charge is 2.26. The fourth-order valence-electron chi connectivity index (χ4n) is 5.11. The number of hydrogen-bond donors (Lipinski definition) is 1. The van der Waals surface area contributed by atoms with Crippen LogP contribution in [0, 0.1) is 6.92 Å². The maximum absolute atomic E-state index is 12.2. The smallest absolute Gasteiger partial charge is 0.290 e. The number of carbonyl (C=O) groups is 2. The molecule has 3 saturated heterocycles. The van der Waals surface area contributed by atoms with Gasteiger partial charge in [-0.15, -0.1) is 0 Å². The van der Waals surface area contributed by atoms with Crippen LogP contribution in [0.1, 0.15) is 36.2 Å². The van der Waals surface area contributed by atoms with E-state index in [2.05, 4.69) is 26.1 Å². The summed E-state index contributed by atoms with van der Waals surface area (Å²) in [6.45, 7) is 7.42. The Morgan fingerprint density at radius 1 is 0.854 bits per heavy atom. The summed E-state index contributed by atoms with van der Waals surface area (Å²) in [6.07, 6.45) is 4.86. The number of carbonyl (C=O) groups excluding carboxylic acids is 2. The van der Waals surface area contributed by atoms with Crippen LogP contribution in [-0.4, -0.2) is 70.4 Å². The number of ether oxygens (including phenoxy) is 1. The van der Waals surface area contributed by atoms with Crippen molar-refractivity contribution in [3.63, 3.8) is 0 Å². The van der Waals surface area contributed by atoms with Crippen LogP contribution in [0.25, 0.3) is 6.08 Å². The number of nitrogens with one attached hydrogen (secondary N) is 1. The van der Waals surface area contributed by atoms with Crippen molar-refractivity contribution in [2.75, 3.05) is 54.0 Å². The lowest BCUT2D eigenvalue weighted by molar-refractivity contribution is -0.115. The van der Waals surface area contributed by atoms with E-state index in [9.17, 15) is 9.59 Å². The van der Waals surface area contributed by atoms with Gasteiger partial charge in [-0.3, -0.25) is 14.9 Å². The molecule has 0 saturated carbocycles. The second kappa shape index (κ2) is 12.1. The Hall–Kier alpha value is -4.19. The van der Waals surface area contributed by atoms with Crippen LogP contribution in [0.4, 0.5) is 22.5 Å². The highest BCUT2D eigenvalue weighted by Crippen LogP contribution is 2.28. The van der Waals surface area contributed by atoms with Gasteiger partial charge in [-0.25, -0.2) is 9.97 Å². The normalized spacial score (nSPS) is 18.7. The minimum absolute atomic E-state index is 0.295. The van der Waals surface area contributed by atoms with Gasteiger partial charge in [0.05, 0.1) is 10.6 Å². The van der Waals surface area contributed by atoms with Gasteiger partial charge in [-0.1, -0.05) is 30.3 Å². The molecule has 0 aliphatic carbocycles. The van der Waals surface area contributed by atoms with E-state index in [4.69, 9.17) is 24.7 Å². The molecular formula is C29H32N8O3S. The Balaban J connectivity index is 1.23. The van der Waals surface area contributed by atoms with E-state index in [1.165, 1.54) is 12.8 Å². The predicted octanol–water partition coefficient (Wildman–Crippen LogP) is 3.79. The molecule has 1 aromatic carbocycles. The molecule has 5 heterocycles. The molecule has 12 heteroatoms. The summed E-state index contributed by atoms with van der Waals surface area (Å²) in [5.41, 5.74) is 2.49. The molecule has 41 heavy (non-hydrogen) atoms. The second-order valence-electron chi connectivity index (χ2n) is 10.2. The number of amides is 2. The predicted molar refractivity (Wildman–Crippen MR) is 159 cm³/mol. The van der Waals surface area contributed by atoms with Gasteiger partial charge >= 0.3 is 0 Å². The maximum atomic E-state index is 12.2. The zero-order chi connectivity index (χ0) is 28.2. The number of rotatable bonds is 7. The molecule has 1 N–H and O–H groups in total. The molecule has 0 atom stereocenters. The molecule has 0 unspecified atom stereocenters. The average molecular weight is 573 g/mol. The quantitative estimate of drug-likeness (QED) is 0.417. The number of aromatic nitrogens is 4. The van der Waals surface area contributed by atoms with E-state index in [1.807, 2.05) is 37.3 Å². The number of anilines is 3. The maximum Gasteiger partial charge on any atom is 0.290 e. The third-order valence-corrected chi connectivity index (χ3v) is 7.99. The highest BCUT2D eigenvalue weighted by molar-refractivity contribution is 8.18. The summed E-state index contributed by atoms with van der Waals surface area (Å²) >= 11 is 0.863. The van der Waals surface area contributed by atoms with Crippen molar-refractivity contribution in [2.24, 2.45) is 0 Å². The van der Waals surface area contributed by atoms with Crippen molar-refractivity contribution in [2.45, 2.75) is 32.8 Å². The molecule has 3 aromatic rings. The molecule has 0 bridgehead atoms. The summed E-state index contributed by atoms with van der Waals surface area (Å²) in [5, 5.41) is 1.90. The Morgan fingerprint density at radius 2 is 1.56 bits per heavy atom. The van der Waals surface area contributed by atoms with Crippen molar-refractivity contribution in [3.8, 4) is 5.88 Å². The number of nitrogens with zero attached hydrogens (tertiary/aromatic N) is 7. The van der Waals surface area contributed by atoms with E-state index >= 15 is 0 Å². The first kappa shape index (κ1) is 27.0. The van der Waals surface area contributed by atoms with Crippen LogP contribution in [0.2, 0.25) is 0 Å². The average Bonchev–Trinajstić information content (AvgIpc) is 3.54. The van der Waals surface area contributed by atoms with Crippen molar-refractivity contribution in [3.05, 3.63) is 64.3 Å². The van der Waals surface area contributed by atoms with Crippen molar-refractivity contribution in [1.29, 1.82) is 0 Å². The molecule has 212 valence electrons.